The van der Waals surface area contributed by atoms with Gasteiger partial charge in [0.25, 0.3) is 5.56 Å². The standard InChI is InChI=1S/C15H16N2O3/c1-11-6-3-4-7-12(11)16-14(18)10-17-9-5-8-13(20-2)15(17)19/h3-9H,10H2,1-2H3,(H,16,18). The first-order chi connectivity index (χ1) is 9.61. The summed E-state index contributed by atoms with van der Waals surface area (Å²) in [7, 11) is 1.43. The molecule has 0 saturated heterocycles. The number of para-hydroxylation sites is 1. The molecule has 104 valence electrons. The lowest BCUT2D eigenvalue weighted by atomic mass is 10.2. The van der Waals surface area contributed by atoms with E-state index in [1.54, 1.807) is 18.3 Å². The molecule has 2 aromatic rings. The summed E-state index contributed by atoms with van der Waals surface area (Å²) < 4.78 is 6.25. The van der Waals surface area contributed by atoms with E-state index < -0.39 is 0 Å². The zero-order valence-electron chi connectivity index (χ0n) is 11.4. The Labute approximate surface area is 116 Å². The molecule has 20 heavy (non-hydrogen) atoms. The largest absolute Gasteiger partial charge is 0.491 e. The van der Waals surface area contributed by atoms with Crippen LogP contribution in [-0.2, 0) is 11.3 Å². The molecule has 1 aromatic carbocycles. The van der Waals surface area contributed by atoms with Gasteiger partial charge >= 0.3 is 0 Å². The van der Waals surface area contributed by atoms with Crippen molar-refractivity contribution in [3.63, 3.8) is 0 Å². The summed E-state index contributed by atoms with van der Waals surface area (Å²) in [5.41, 5.74) is 1.39. The van der Waals surface area contributed by atoms with Crippen molar-refractivity contribution in [1.82, 2.24) is 4.57 Å². The summed E-state index contributed by atoms with van der Waals surface area (Å²) in [4.78, 5) is 23.9. The lowest BCUT2D eigenvalue weighted by Crippen LogP contribution is -2.27. The van der Waals surface area contributed by atoms with Gasteiger partial charge in [-0.3, -0.25) is 9.59 Å². The van der Waals surface area contributed by atoms with Gasteiger partial charge in [0.15, 0.2) is 5.75 Å². The number of hydrogen-bond acceptors (Lipinski definition) is 3. The quantitative estimate of drug-likeness (QED) is 0.923. The van der Waals surface area contributed by atoms with Gasteiger partial charge in [-0.1, -0.05) is 18.2 Å². The molecule has 0 bridgehead atoms. The summed E-state index contributed by atoms with van der Waals surface area (Å²) in [5.74, 6) is -0.0363. The molecular formula is C15H16N2O3. The predicted octanol–water partition coefficient (Wildman–Crippen LogP) is 1.80. The Bertz CT molecular complexity index is 677. The molecule has 0 saturated carbocycles. The first kappa shape index (κ1) is 13.9. The number of rotatable bonds is 4. The Morgan fingerprint density at radius 2 is 2.00 bits per heavy atom. The number of carbonyl (C=O) groups excluding carboxylic acids is 1. The van der Waals surface area contributed by atoms with Crippen LogP contribution in [0.4, 0.5) is 5.69 Å². The van der Waals surface area contributed by atoms with E-state index >= 15 is 0 Å². The molecule has 0 unspecified atom stereocenters. The molecule has 0 spiro atoms. The van der Waals surface area contributed by atoms with Crippen molar-refractivity contribution >= 4 is 11.6 Å². The van der Waals surface area contributed by atoms with Crippen LogP contribution in [0.25, 0.3) is 0 Å². The van der Waals surface area contributed by atoms with Crippen molar-refractivity contribution in [2.24, 2.45) is 0 Å². The fourth-order valence-corrected chi connectivity index (χ4v) is 1.85. The number of benzene rings is 1. The van der Waals surface area contributed by atoms with Crippen LogP contribution in [-0.4, -0.2) is 17.6 Å². The molecule has 2 rings (SSSR count). The number of aromatic nitrogens is 1. The maximum absolute atomic E-state index is 12.0. The van der Waals surface area contributed by atoms with Crippen LogP contribution in [0.3, 0.4) is 0 Å². The molecule has 0 radical (unpaired) electrons. The highest BCUT2D eigenvalue weighted by Crippen LogP contribution is 2.12. The highest BCUT2D eigenvalue weighted by atomic mass is 16.5. The molecule has 0 fully saturated rings. The van der Waals surface area contributed by atoms with E-state index in [9.17, 15) is 9.59 Å². The van der Waals surface area contributed by atoms with E-state index in [4.69, 9.17) is 4.74 Å². The molecule has 5 heteroatoms. The fraction of sp³-hybridized carbons (Fsp3) is 0.200. The zero-order chi connectivity index (χ0) is 14.5. The van der Waals surface area contributed by atoms with Crippen molar-refractivity contribution in [3.8, 4) is 5.75 Å². The van der Waals surface area contributed by atoms with Crippen LogP contribution in [0.2, 0.25) is 0 Å². The number of aryl methyl sites for hydroxylation is 1. The molecule has 0 aliphatic rings. The normalized spacial score (nSPS) is 10.1. The number of nitrogens with one attached hydrogen (secondary N) is 1. The maximum Gasteiger partial charge on any atom is 0.293 e. The van der Waals surface area contributed by atoms with Crippen molar-refractivity contribution in [1.29, 1.82) is 0 Å². The summed E-state index contributed by atoms with van der Waals surface area (Å²) >= 11 is 0. The average molecular weight is 272 g/mol. The van der Waals surface area contributed by atoms with E-state index in [0.29, 0.717) is 0 Å². The SMILES string of the molecule is COc1cccn(CC(=O)Nc2ccccc2C)c1=O. The van der Waals surface area contributed by atoms with Crippen molar-refractivity contribution in [3.05, 3.63) is 58.5 Å². The van der Waals surface area contributed by atoms with E-state index in [2.05, 4.69) is 5.32 Å². The summed E-state index contributed by atoms with van der Waals surface area (Å²) in [6.45, 7) is 1.86. The number of pyridine rings is 1. The minimum Gasteiger partial charge on any atom is -0.491 e. The van der Waals surface area contributed by atoms with Gasteiger partial charge in [0, 0.05) is 11.9 Å². The van der Waals surface area contributed by atoms with E-state index in [1.165, 1.54) is 11.7 Å². The Balaban J connectivity index is 2.13. The number of anilines is 1. The van der Waals surface area contributed by atoms with Gasteiger partial charge in [0.05, 0.1) is 7.11 Å². The van der Waals surface area contributed by atoms with E-state index in [-0.39, 0.29) is 23.8 Å². The minimum absolute atomic E-state index is 0.0512. The van der Waals surface area contributed by atoms with Gasteiger partial charge in [-0.05, 0) is 30.7 Å². The lowest BCUT2D eigenvalue weighted by molar-refractivity contribution is -0.116. The third-order valence-electron chi connectivity index (χ3n) is 2.94. The maximum atomic E-state index is 12.0. The fourth-order valence-electron chi connectivity index (χ4n) is 1.85. The summed E-state index contributed by atoms with van der Waals surface area (Å²) in [6, 6.07) is 10.7. The van der Waals surface area contributed by atoms with Gasteiger partial charge in [-0.2, -0.15) is 0 Å². The summed E-state index contributed by atoms with van der Waals surface area (Å²) in [6.07, 6.45) is 1.56. The number of methoxy groups -OCH3 is 1. The van der Waals surface area contributed by atoms with Gasteiger partial charge < -0.3 is 14.6 Å². The van der Waals surface area contributed by atoms with Crippen molar-refractivity contribution in [2.45, 2.75) is 13.5 Å². The topological polar surface area (TPSA) is 60.3 Å². The van der Waals surface area contributed by atoms with E-state index in [1.807, 2.05) is 31.2 Å². The number of carbonyl (C=O) groups is 1. The van der Waals surface area contributed by atoms with Gasteiger partial charge in [-0.25, -0.2) is 0 Å². The Morgan fingerprint density at radius 3 is 2.70 bits per heavy atom. The molecule has 1 N–H and O–H groups in total. The average Bonchev–Trinajstić information content (AvgIpc) is 2.44. The second kappa shape index (κ2) is 6.06. The van der Waals surface area contributed by atoms with Gasteiger partial charge in [0.1, 0.15) is 6.54 Å². The van der Waals surface area contributed by atoms with Gasteiger partial charge in [0.2, 0.25) is 5.91 Å². The van der Waals surface area contributed by atoms with E-state index in [0.717, 1.165) is 11.3 Å². The van der Waals surface area contributed by atoms with Crippen LogP contribution in [0, 0.1) is 6.92 Å². The monoisotopic (exact) mass is 272 g/mol. The first-order valence-corrected chi connectivity index (χ1v) is 6.20. The molecule has 5 nitrogen and oxygen atoms in total. The first-order valence-electron chi connectivity index (χ1n) is 6.20. The second-order valence-electron chi connectivity index (χ2n) is 4.37. The molecule has 1 amide bonds. The molecular weight excluding hydrogens is 256 g/mol. The van der Waals surface area contributed by atoms with Crippen LogP contribution in [0.15, 0.2) is 47.4 Å². The van der Waals surface area contributed by atoms with Crippen molar-refractivity contribution in [2.75, 3.05) is 12.4 Å². The second-order valence-corrected chi connectivity index (χ2v) is 4.37. The van der Waals surface area contributed by atoms with Crippen LogP contribution in [0.1, 0.15) is 5.56 Å². The third-order valence-corrected chi connectivity index (χ3v) is 2.94. The Kier molecular flexibility index (Phi) is 4.20. The van der Waals surface area contributed by atoms with Crippen LogP contribution >= 0.6 is 0 Å². The van der Waals surface area contributed by atoms with Crippen LogP contribution < -0.4 is 15.6 Å². The molecule has 0 atom stereocenters. The smallest absolute Gasteiger partial charge is 0.293 e. The minimum atomic E-state index is -0.324. The molecule has 1 heterocycles. The summed E-state index contributed by atoms with van der Waals surface area (Å²) in [5, 5.41) is 2.78. The third kappa shape index (κ3) is 3.06. The van der Waals surface area contributed by atoms with Crippen molar-refractivity contribution < 1.29 is 9.53 Å². The predicted molar refractivity (Wildman–Crippen MR) is 77.1 cm³/mol. The lowest BCUT2D eigenvalue weighted by Gasteiger charge is -2.10. The Morgan fingerprint density at radius 1 is 1.25 bits per heavy atom. The highest BCUT2D eigenvalue weighted by Gasteiger charge is 2.08. The number of nitrogens with zero attached hydrogens (tertiary/aromatic N) is 1. The zero-order valence-corrected chi connectivity index (χ0v) is 11.4. The number of hydrogen-bond donors (Lipinski definition) is 1. The van der Waals surface area contributed by atoms with Gasteiger partial charge in [-0.15, -0.1) is 0 Å². The number of ether oxygens (including phenoxy) is 1. The van der Waals surface area contributed by atoms with Crippen LogP contribution in [0.5, 0.6) is 5.75 Å². The molecule has 1 aromatic heterocycles. The molecule has 0 aliphatic heterocycles. The highest BCUT2D eigenvalue weighted by molar-refractivity contribution is 5.91. The Hall–Kier alpha value is -2.56. The molecule has 0 aliphatic carbocycles. The number of amides is 1.